The molecule has 0 bridgehead atoms. The van der Waals surface area contributed by atoms with E-state index in [1.54, 1.807) is 36.4 Å². The number of anilines is 2. The lowest BCUT2D eigenvalue weighted by Gasteiger charge is -2.24. The molecule has 3 aromatic carbocycles. The summed E-state index contributed by atoms with van der Waals surface area (Å²) in [5, 5.41) is 2.78. The van der Waals surface area contributed by atoms with Gasteiger partial charge in [0.25, 0.3) is 10.0 Å². The Morgan fingerprint density at radius 3 is 2.26 bits per heavy atom. The van der Waals surface area contributed by atoms with E-state index in [4.69, 9.17) is 21.1 Å². The summed E-state index contributed by atoms with van der Waals surface area (Å²) in [4.78, 5) is 24.8. The largest absolute Gasteiger partial charge is 0.494 e. The number of carbonyl (C=O) groups excluding carboxylic acids is 2. The quantitative estimate of drug-likeness (QED) is 0.415. The van der Waals surface area contributed by atoms with Crippen LogP contribution in [-0.4, -0.2) is 40.6 Å². The first kappa shape index (κ1) is 26.1. The molecule has 0 heterocycles. The number of rotatable bonds is 9. The summed E-state index contributed by atoms with van der Waals surface area (Å²) in [6, 6.07) is 17.1. The fraction of sp³-hybridized carbons (Fsp3) is 0.200. The van der Waals surface area contributed by atoms with Gasteiger partial charge in [-0.05, 0) is 68.4 Å². The van der Waals surface area contributed by atoms with Crippen LogP contribution in [0, 0.1) is 6.92 Å². The Labute approximate surface area is 209 Å². The van der Waals surface area contributed by atoms with Crippen LogP contribution in [0.3, 0.4) is 0 Å². The van der Waals surface area contributed by atoms with Crippen molar-refractivity contribution in [3.63, 3.8) is 0 Å². The third-order valence-corrected chi connectivity index (χ3v) is 7.10. The van der Waals surface area contributed by atoms with Gasteiger partial charge in [-0.15, -0.1) is 0 Å². The van der Waals surface area contributed by atoms with Crippen molar-refractivity contribution in [1.29, 1.82) is 0 Å². The number of nitrogens with one attached hydrogen (secondary N) is 1. The van der Waals surface area contributed by atoms with E-state index in [2.05, 4.69) is 5.32 Å². The van der Waals surface area contributed by atoms with Crippen LogP contribution in [0.15, 0.2) is 71.6 Å². The molecule has 3 rings (SSSR count). The number of sulfonamides is 1. The van der Waals surface area contributed by atoms with Gasteiger partial charge in [-0.3, -0.25) is 9.10 Å². The summed E-state index contributed by atoms with van der Waals surface area (Å²) in [6.45, 7) is 3.65. The van der Waals surface area contributed by atoms with Crippen molar-refractivity contribution in [2.24, 2.45) is 0 Å². The molecular weight excluding hydrogens is 492 g/mol. The first-order valence-electron chi connectivity index (χ1n) is 10.7. The van der Waals surface area contributed by atoms with Gasteiger partial charge < -0.3 is 14.8 Å². The first-order valence-corrected chi connectivity index (χ1v) is 12.5. The lowest BCUT2D eigenvalue weighted by Crippen LogP contribution is -2.38. The summed E-state index contributed by atoms with van der Waals surface area (Å²) in [5.41, 5.74) is 1.60. The van der Waals surface area contributed by atoms with Gasteiger partial charge in [0.05, 0.1) is 34.9 Å². The first-order chi connectivity index (χ1) is 16.6. The van der Waals surface area contributed by atoms with Crippen molar-refractivity contribution in [3.05, 3.63) is 82.9 Å². The maximum atomic E-state index is 13.5. The minimum absolute atomic E-state index is 0.00815. The molecule has 0 aromatic heterocycles. The fourth-order valence-electron chi connectivity index (χ4n) is 3.23. The molecule has 3 aromatic rings. The number of benzene rings is 3. The lowest BCUT2D eigenvalue weighted by atomic mass is 10.2. The molecule has 0 aliphatic heterocycles. The molecule has 0 aliphatic carbocycles. The monoisotopic (exact) mass is 516 g/mol. The van der Waals surface area contributed by atoms with E-state index in [1.807, 2.05) is 13.8 Å². The molecule has 0 saturated heterocycles. The standard InChI is InChI=1S/C25H25ClN2O6S/c1-4-34-20-10-12-21(13-11-20)35(31,32)28(19-8-5-17(2)6-9-19)16-24(29)27-18-7-14-23(26)22(15-18)25(30)33-3/h5-15H,4,16H2,1-3H3,(H,27,29). The molecule has 1 amide bonds. The average Bonchev–Trinajstić information content (AvgIpc) is 2.84. The topological polar surface area (TPSA) is 102 Å². The smallest absolute Gasteiger partial charge is 0.339 e. The van der Waals surface area contributed by atoms with Crippen molar-refractivity contribution in [3.8, 4) is 5.75 Å². The van der Waals surface area contributed by atoms with Crippen LogP contribution in [0.4, 0.5) is 11.4 Å². The van der Waals surface area contributed by atoms with Crippen molar-refractivity contribution in [2.45, 2.75) is 18.7 Å². The van der Waals surface area contributed by atoms with Gasteiger partial charge >= 0.3 is 5.97 Å². The number of esters is 1. The Balaban J connectivity index is 1.91. The van der Waals surface area contributed by atoms with Crippen LogP contribution in [0.1, 0.15) is 22.8 Å². The van der Waals surface area contributed by atoms with Gasteiger partial charge in [0, 0.05) is 5.69 Å². The number of hydrogen-bond donors (Lipinski definition) is 1. The number of hydrogen-bond acceptors (Lipinski definition) is 6. The second kappa shape index (κ2) is 11.2. The van der Waals surface area contributed by atoms with E-state index in [1.165, 1.54) is 37.4 Å². The third kappa shape index (κ3) is 6.32. The van der Waals surface area contributed by atoms with Crippen LogP contribution in [-0.2, 0) is 19.6 Å². The molecule has 10 heteroatoms. The summed E-state index contributed by atoms with van der Waals surface area (Å²) in [6.07, 6.45) is 0. The molecule has 184 valence electrons. The minimum atomic E-state index is -4.10. The number of nitrogens with zero attached hydrogens (tertiary/aromatic N) is 1. The minimum Gasteiger partial charge on any atom is -0.494 e. The van der Waals surface area contributed by atoms with E-state index in [9.17, 15) is 18.0 Å². The highest BCUT2D eigenvalue weighted by Gasteiger charge is 2.27. The normalized spacial score (nSPS) is 11.0. The maximum absolute atomic E-state index is 13.5. The van der Waals surface area contributed by atoms with E-state index < -0.39 is 28.4 Å². The maximum Gasteiger partial charge on any atom is 0.339 e. The Bertz CT molecular complexity index is 1310. The number of halogens is 1. The highest BCUT2D eigenvalue weighted by Crippen LogP contribution is 2.26. The number of ether oxygens (including phenoxy) is 2. The van der Waals surface area contributed by atoms with Crippen molar-refractivity contribution < 1.29 is 27.5 Å². The zero-order valence-corrected chi connectivity index (χ0v) is 21.0. The molecule has 0 unspecified atom stereocenters. The SMILES string of the molecule is CCOc1ccc(S(=O)(=O)N(CC(=O)Nc2ccc(Cl)c(C(=O)OC)c2)c2ccc(C)cc2)cc1. The zero-order chi connectivity index (χ0) is 25.6. The zero-order valence-electron chi connectivity index (χ0n) is 19.4. The Morgan fingerprint density at radius 1 is 1.00 bits per heavy atom. The molecule has 0 saturated carbocycles. The van der Waals surface area contributed by atoms with Crippen molar-refractivity contribution in [1.82, 2.24) is 0 Å². The predicted molar refractivity (Wildman–Crippen MR) is 135 cm³/mol. The van der Waals surface area contributed by atoms with Crippen LogP contribution < -0.4 is 14.4 Å². The highest BCUT2D eigenvalue weighted by molar-refractivity contribution is 7.92. The van der Waals surface area contributed by atoms with E-state index in [0.29, 0.717) is 18.0 Å². The molecule has 35 heavy (non-hydrogen) atoms. The Morgan fingerprint density at radius 2 is 1.66 bits per heavy atom. The second-order valence-electron chi connectivity index (χ2n) is 7.49. The van der Waals surface area contributed by atoms with Crippen molar-refractivity contribution in [2.75, 3.05) is 29.9 Å². The number of methoxy groups -OCH3 is 1. The van der Waals surface area contributed by atoms with Gasteiger partial charge in [0.2, 0.25) is 5.91 Å². The fourth-order valence-corrected chi connectivity index (χ4v) is 4.84. The molecule has 0 atom stereocenters. The molecular formula is C25H25ClN2O6S. The van der Waals surface area contributed by atoms with E-state index in [0.717, 1.165) is 9.87 Å². The molecule has 0 spiro atoms. The average molecular weight is 517 g/mol. The molecule has 1 N–H and O–H groups in total. The number of carbonyl (C=O) groups is 2. The predicted octanol–water partition coefficient (Wildman–Crippen LogP) is 4.67. The third-order valence-electron chi connectivity index (χ3n) is 4.99. The highest BCUT2D eigenvalue weighted by atomic mass is 35.5. The number of aryl methyl sites for hydroxylation is 1. The van der Waals surface area contributed by atoms with Crippen LogP contribution in [0.5, 0.6) is 5.75 Å². The van der Waals surface area contributed by atoms with Crippen LogP contribution >= 0.6 is 11.6 Å². The molecule has 8 nitrogen and oxygen atoms in total. The molecule has 0 radical (unpaired) electrons. The second-order valence-corrected chi connectivity index (χ2v) is 9.76. The summed E-state index contributed by atoms with van der Waals surface area (Å²) < 4.78 is 38.2. The summed E-state index contributed by atoms with van der Waals surface area (Å²) in [7, 11) is -2.88. The van der Waals surface area contributed by atoms with Crippen LogP contribution in [0.2, 0.25) is 5.02 Å². The summed E-state index contributed by atoms with van der Waals surface area (Å²) >= 11 is 6.03. The molecule has 0 fully saturated rings. The lowest BCUT2D eigenvalue weighted by molar-refractivity contribution is -0.114. The van der Waals surface area contributed by atoms with Crippen molar-refractivity contribution >= 4 is 44.9 Å². The van der Waals surface area contributed by atoms with Gasteiger partial charge in [0.1, 0.15) is 12.3 Å². The van der Waals surface area contributed by atoms with Crippen LogP contribution in [0.25, 0.3) is 0 Å². The van der Waals surface area contributed by atoms with Gasteiger partial charge in [-0.25, -0.2) is 13.2 Å². The van der Waals surface area contributed by atoms with Gasteiger partial charge in [-0.2, -0.15) is 0 Å². The van der Waals surface area contributed by atoms with Gasteiger partial charge in [-0.1, -0.05) is 29.3 Å². The van der Waals surface area contributed by atoms with Gasteiger partial charge in [0.15, 0.2) is 0 Å². The summed E-state index contributed by atoms with van der Waals surface area (Å²) in [5.74, 6) is -0.737. The van der Waals surface area contributed by atoms with E-state index in [-0.39, 0.29) is 21.2 Å². The molecule has 0 aliphatic rings. The Hall–Kier alpha value is -3.56. The van der Waals surface area contributed by atoms with E-state index >= 15 is 0 Å². The Kier molecular flexibility index (Phi) is 8.37. The number of amides is 1.